The van der Waals surface area contributed by atoms with Crippen LogP contribution in [0.2, 0.25) is 5.02 Å². The third-order valence-corrected chi connectivity index (χ3v) is 2.20. The largest absolute Gasteiger partial charge is 0.465 e. The number of nitrogens with one attached hydrogen (secondary N) is 1. The van der Waals surface area contributed by atoms with Gasteiger partial charge in [-0.15, -0.1) is 0 Å². The number of allylic oxidation sites excluding steroid dienone is 1. The van der Waals surface area contributed by atoms with Gasteiger partial charge in [0.1, 0.15) is 0 Å². The van der Waals surface area contributed by atoms with Crippen LogP contribution in [0.3, 0.4) is 0 Å². The number of carbonyl (C=O) groups is 2. The van der Waals surface area contributed by atoms with Gasteiger partial charge < -0.3 is 10.1 Å². The second-order valence-electron chi connectivity index (χ2n) is 3.17. The molecule has 17 heavy (non-hydrogen) atoms. The van der Waals surface area contributed by atoms with Gasteiger partial charge in [0.2, 0.25) is 5.91 Å². The van der Waals surface area contributed by atoms with Gasteiger partial charge in [0.25, 0.3) is 0 Å². The first-order chi connectivity index (χ1) is 8.08. The van der Waals surface area contributed by atoms with Crippen LogP contribution in [-0.2, 0) is 9.53 Å². The Kier molecular flexibility index (Phi) is 4.72. The van der Waals surface area contributed by atoms with Crippen LogP contribution >= 0.6 is 11.6 Å². The normalized spacial score (nSPS) is 10.3. The Hall–Kier alpha value is -1.81. The molecule has 0 radical (unpaired) electrons. The molecule has 0 aliphatic carbocycles. The molecule has 0 spiro atoms. The molecule has 1 amide bonds. The Balaban J connectivity index is 3.06. The van der Waals surface area contributed by atoms with Crippen LogP contribution in [0.4, 0.5) is 5.69 Å². The maximum atomic E-state index is 11.5. The summed E-state index contributed by atoms with van der Waals surface area (Å²) in [7, 11) is 1.26. The van der Waals surface area contributed by atoms with Crippen molar-refractivity contribution in [3.05, 3.63) is 40.9 Å². The topological polar surface area (TPSA) is 55.4 Å². The zero-order valence-electron chi connectivity index (χ0n) is 9.49. The van der Waals surface area contributed by atoms with Crippen LogP contribution in [-0.4, -0.2) is 19.0 Å². The molecule has 0 aromatic heterocycles. The summed E-state index contributed by atoms with van der Waals surface area (Å²) < 4.78 is 4.61. The molecule has 0 unspecified atom stereocenters. The molecule has 0 bridgehead atoms. The SMILES string of the molecule is CC=CC(=O)Nc1ccc(Cl)cc1C(=O)OC. The van der Waals surface area contributed by atoms with E-state index in [1.165, 1.54) is 19.3 Å². The minimum absolute atomic E-state index is 0.220. The van der Waals surface area contributed by atoms with E-state index < -0.39 is 5.97 Å². The molecular weight excluding hydrogens is 242 g/mol. The van der Waals surface area contributed by atoms with Crippen molar-refractivity contribution in [1.29, 1.82) is 0 Å². The van der Waals surface area contributed by atoms with Gasteiger partial charge in [0.05, 0.1) is 18.4 Å². The van der Waals surface area contributed by atoms with Crippen molar-refractivity contribution >= 4 is 29.2 Å². The standard InChI is InChI=1S/C12H12ClNO3/c1-3-4-11(15)14-10-6-5-8(13)7-9(10)12(16)17-2/h3-7H,1-2H3,(H,14,15). The number of esters is 1. The number of hydrogen-bond donors (Lipinski definition) is 1. The number of amides is 1. The summed E-state index contributed by atoms with van der Waals surface area (Å²) in [6.45, 7) is 1.72. The van der Waals surface area contributed by atoms with E-state index in [2.05, 4.69) is 10.1 Å². The molecule has 0 saturated carbocycles. The zero-order valence-corrected chi connectivity index (χ0v) is 10.2. The second kappa shape index (κ2) is 6.06. The van der Waals surface area contributed by atoms with Gasteiger partial charge in [-0.25, -0.2) is 4.79 Å². The molecule has 0 fully saturated rings. The highest BCUT2D eigenvalue weighted by Gasteiger charge is 2.13. The fourth-order valence-electron chi connectivity index (χ4n) is 1.23. The molecule has 1 aromatic carbocycles. The Bertz CT molecular complexity index is 469. The summed E-state index contributed by atoms with van der Waals surface area (Å²) in [5.41, 5.74) is 0.585. The van der Waals surface area contributed by atoms with Crippen molar-refractivity contribution in [2.24, 2.45) is 0 Å². The zero-order chi connectivity index (χ0) is 12.8. The van der Waals surface area contributed by atoms with Crippen molar-refractivity contribution in [3.63, 3.8) is 0 Å². The molecule has 0 aliphatic rings. The number of rotatable bonds is 3. The first-order valence-electron chi connectivity index (χ1n) is 4.90. The fourth-order valence-corrected chi connectivity index (χ4v) is 1.40. The molecule has 1 N–H and O–H groups in total. The summed E-state index contributed by atoms with van der Waals surface area (Å²) in [4.78, 5) is 22.9. The number of hydrogen-bond acceptors (Lipinski definition) is 3. The van der Waals surface area contributed by atoms with Crippen molar-refractivity contribution in [2.45, 2.75) is 6.92 Å². The minimum atomic E-state index is -0.553. The lowest BCUT2D eigenvalue weighted by Crippen LogP contribution is -2.12. The third-order valence-electron chi connectivity index (χ3n) is 1.96. The first-order valence-corrected chi connectivity index (χ1v) is 5.27. The van der Waals surface area contributed by atoms with Crippen molar-refractivity contribution in [2.75, 3.05) is 12.4 Å². The van der Waals surface area contributed by atoms with E-state index in [-0.39, 0.29) is 11.5 Å². The summed E-state index contributed by atoms with van der Waals surface area (Å²) in [5, 5.41) is 2.97. The van der Waals surface area contributed by atoms with E-state index in [0.717, 1.165) is 0 Å². The Labute approximate surface area is 104 Å². The number of ether oxygens (including phenoxy) is 1. The Morgan fingerprint density at radius 2 is 2.12 bits per heavy atom. The third kappa shape index (κ3) is 3.60. The second-order valence-corrected chi connectivity index (χ2v) is 3.61. The molecule has 0 saturated heterocycles. The van der Waals surface area contributed by atoms with Crippen LogP contribution in [0.1, 0.15) is 17.3 Å². The summed E-state index contributed by atoms with van der Waals surface area (Å²) in [5.74, 6) is -0.872. The van der Waals surface area contributed by atoms with Crippen LogP contribution in [0.25, 0.3) is 0 Å². The Morgan fingerprint density at radius 1 is 1.41 bits per heavy atom. The molecule has 5 heteroatoms. The number of halogens is 1. The molecule has 1 rings (SSSR count). The highest BCUT2D eigenvalue weighted by atomic mass is 35.5. The molecule has 1 aromatic rings. The van der Waals surface area contributed by atoms with Crippen molar-refractivity contribution in [1.82, 2.24) is 0 Å². The van der Waals surface area contributed by atoms with E-state index in [4.69, 9.17) is 11.6 Å². The lowest BCUT2D eigenvalue weighted by atomic mass is 10.1. The molecule has 0 aliphatic heterocycles. The summed E-state index contributed by atoms with van der Waals surface area (Å²) >= 11 is 5.78. The maximum absolute atomic E-state index is 11.5. The summed E-state index contributed by atoms with van der Waals surface area (Å²) in [6, 6.07) is 4.58. The molecule has 4 nitrogen and oxygen atoms in total. The summed E-state index contributed by atoms with van der Waals surface area (Å²) in [6.07, 6.45) is 2.96. The van der Waals surface area contributed by atoms with Gasteiger partial charge in [-0.1, -0.05) is 17.7 Å². The van der Waals surface area contributed by atoms with Gasteiger partial charge in [-0.05, 0) is 31.2 Å². The highest BCUT2D eigenvalue weighted by molar-refractivity contribution is 6.31. The quantitative estimate of drug-likeness (QED) is 0.666. The molecule has 90 valence electrons. The lowest BCUT2D eigenvalue weighted by molar-refractivity contribution is -0.111. The molecule has 0 atom stereocenters. The minimum Gasteiger partial charge on any atom is -0.465 e. The maximum Gasteiger partial charge on any atom is 0.340 e. The number of methoxy groups -OCH3 is 1. The van der Waals surface area contributed by atoms with Gasteiger partial charge in [-0.3, -0.25) is 4.79 Å². The van der Waals surface area contributed by atoms with Gasteiger partial charge in [-0.2, -0.15) is 0 Å². The van der Waals surface area contributed by atoms with E-state index in [1.807, 2.05) is 0 Å². The van der Waals surface area contributed by atoms with Crippen molar-refractivity contribution < 1.29 is 14.3 Å². The van der Waals surface area contributed by atoms with Gasteiger partial charge in [0.15, 0.2) is 0 Å². The van der Waals surface area contributed by atoms with Gasteiger partial charge in [0, 0.05) is 5.02 Å². The van der Waals surface area contributed by atoms with E-state index in [1.54, 1.807) is 25.1 Å². The molecular formula is C12H12ClNO3. The van der Waals surface area contributed by atoms with E-state index in [0.29, 0.717) is 10.7 Å². The highest BCUT2D eigenvalue weighted by Crippen LogP contribution is 2.21. The predicted molar refractivity (Wildman–Crippen MR) is 66.2 cm³/mol. The fraction of sp³-hybridized carbons (Fsp3) is 0.167. The number of anilines is 1. The number of carbonyl (C=O) groups excluding carboxylic acids is 2. The van der Waals surface area contributed by atoms with Crippen LogP contribution < -0.4 is 5.32 Å². The average Bonchev–Trinajstić information content (AvgIpc) is 2.30. The van der Waals surface area contributed by atoms with Crippen LogP contribution in [0.15, 0.2) is 30.4 Å². The van der Waals surface area contributed by atoms with Crippen LogP contribution in [0, 0.1) is 0 Å². The van der Waals surface area contributed by atoms with Gasteiger partial charge >= 0.3 is 5.97 Å². The number of benzene rings is 1. The van der Waals surface area contributed by atoms with Crippen molar-refractivity contribution in [3.8, 4) is 0 Å². The van der Waals surface area contributed by atoms with E-state index in [9.17, 15) is 9.59 Å². The van der Waals surface area contributed by atoms with E-state index >= 15 is 0 Å². The van der Waals surface area contributed by atoms with Crippen LogP contribution in [0.5, 0.6) is 0 Å². The first kappa shape index (κ1) is 13.3. The predicted octanol–water partition coefficient (Wildman–Crippen LogP) is 2.64. The Morgan fingerprint density at radius 3 is 2.71 bits per heavy atom. The monoisotopic (exact) mass is 253 g/mol. The molecule has 0 heterocycles. The average molecular weight is 254 g/mol. The smallest absolute Gasteiger partial charge is 0.340 e. The lowest BCUT2D eigenvalue weighted by Gasteiger charge is -2.08.